The zero-order valence-electron chi connectivity index (χ0n) is 18.5. The lowest BCUT2D eigenvalue weighted by Crippen LogP contribution is -1.93. The number of hydrogen-bond acceptors (Lipinski definition) is 1. The molecule has 0 radical (unpaired) electrons. The van der Waals surface area contributed by atoms with Crippen molar-refractivity contribution in [2.45, 2.75) is 136 Å². The van der Waals surface area contributed by atoms with Crippen LogP contribution >= 0.6 is 0 Å². The molecule has 0 aliphatic heterocycles. The molecule has 0 aromatic heterocycles. The predicted molar refractivity (Wildman–Crippen MR) is 119 cm³/mol. The topological polar surface area (TPSA) is 37.3 Å². The van der Waals surface area contributed by atoms with Crippen LogP contribution in [0.4, 0.5) is 0 Å². The third kappa shape index (κ3) is 25.2. The van der Waals surface area contributed by atoms with Gasteiger partial charge in [0, 0.05) is 6.42 Å². The summed E-state index contributed by atoms with van der Waals surface area (Å²) < 4.78 is 0. The first-order valence-electron chi connectivity index (χ1n) is 12.0. The van der Waals surface area contributed by atoms with Gasteiger partial charge in [-0.15, -0.1) is 0 Å². The summed E-state index contributed by atoms with van der Waals surface area (Å²) in [5.41, 5.74) is 0. The Kier molecular flexibility index (Phi) is 20.9. The van der Waals surface area contributed by atoms with Gasteiger partial charge in [-0.2, -0.15) is 0 Å². The quantitative estimate of drug-likeness (QED) is 0.160. The number of carboxylic acid groups (broad SMARTS) is 1. The lowest BCUT2D eigenvalue weighted by Gasteiger charge is -2.04. The molecule has 0 aliphatic rings. The molecule has 0 bridgehead atoms. The minimum Gasteiger partial charge on any atom is -0.481 e. The first-order valence-corrected chi connectivity index (χ1v) is 12.0. The Bertz CT molecular complexity index is 333. The molecule has 27 heavy (non-hydrogen) atoms. The highest BCUT2D eigenvalue weighted by Crippen LogP contribution is 2.14. The second kappa shape index (κ2) is 21.5. The van der Waals surface area contributed by atoms with Crippen molar-refractivity contribution in [1.82, 2.24) is 0 Å². The van der Waals surface area contributed by atoms with E-state index in [1.807, 2.05) is 0 Å². The molecule has 0 fully saturated rings. The monoisotopic (exact) mass is 380 g/mol. The van der Waals surface area contributed by atoms with E-state index in [4.69, 9.17) is 5.11 Å². The predicted octanol–water partition coefficient (Wildman–Crippen LogP) is 8.70. The van der Waals surface area contributed by atoms with Gasteiger partial charge >= 0.3 is 5.97 Å². The third-order valence-electron chi connectivity index (χ3n) is 5.33. The van der Waals surface area contributed by atoms with Crippen LogP contribution in [0.25, 0.3) is 0 Å². The molecule has 0 heterocycles. The van der Waals surface area contributed by atoms with Crippen LogP contribution in [0.1, 0.15) is 136 Å². The second-order valence-electron chi connectivity index (χ2n) is 8.68. The van der Waals surface area contributed by atoms with Crippen LogP contribution in [0.15, 0.2) is 12.2 Å². The third-order valence-corrected chi connectivity index (χ3v) is 5.33. The lowest BCUT2D eigenvalue weighted by atomic mass is 10.0. The van der Waals surface area contributed by atoms with E-state index in [0.717, 1.165) is 18.8 Å². The number of unbranched alkanes of at least 4 members (excludes halogenated alkanes) is 15. The molecular formula is C25H48O2. The van der Waals surface area contributed by atoms with Gasteiger partial charge in [0.05, 0.1) is 0 Å². The summed E-state index contributed by atoms with van der Waals surface area (Å²) in [6, 6.07) is 0. The summed E-state index contributed by atoms with van der Waals surface area (Å²) in [5.74, 6) is 0.215. The fourth-order valence-electron chi connectivity index (χ4n) is 3.53. The highest BCUT2D eigenvalue weighted by molar-refractivity contribution is 5.66. The molecule has 0 aliphatic carbocycles. The van der Waals surface area contributed by atoms with Crippen molar-refractivity contribution < 1.29 is 9.90 Å². The van der Waals surface area contributed by atoms with E-state index in [2.05, 4.69) is 26.0 Å². The Morgan fingerprint density at radius 1 is 0.630 bits per heavy atom. The number of rotatable bonds is 21. The summed E-state index contributed by atoms with van der Waals surface area (Å²) in [5, 5.41) is 8.57. The summed E-state index contributed by atoms with van der Waals surface area (Å²) in [6.07, 6.45) is 28.7. The molecule has 0 rings (SSSR count). The van der Waals surface area contributed by atoms with E-state index in [1.54, 1.807) is 0 Å². The second-order valence-corrected chi connectivity index (χ2v) is 8.68. The number of hydrogen-bond donors (Lipinski definition) is 1. The van der Waals surface area contributed by atoms with Crippen LogP contribution in [0.5, 0.6) is 0 Å². The van der Waals surface area contributed by atoms with Gasteiger partial charge in [-0.25, -0.2) is 0 Å². The molecule has 0 atom stereocenters. The Morgan fingerprint density at radius 3 is 1.41 bits per heavy atom. The van der Waals surface area contributed by atoms with Gasteiger partial charge in [0.25, 0.3) is 0 Å². The smallest absolute Gasteiger partial charge is 0.303 e. The van der Waals surface area contributed by atoms with Gasteiger partial charge in [-0.3, -0.25) is 4.79 Å². The zero-order valence-corrected chi connectivity index (χ0v) is 18.5. The number of allylic oxidation sites excluding steroid dienone is 2. The largest absolute Gasteiger partial charge is 0.481 e. The van der Waals surface area contributed by atoms with Gasteiger partial charge in [0.15, 0.2) is 0 Å². The molecule has 2 nitrogen and oxygen atoms in total. The van der Waals surface area contributed by atoms with Crippen LogP contribution in [0, 0.1) is 5.92 Å². The van der Waals surface area contributed by atoms with Crippen molar-refractivity contribution in [3.63, 3.8) is 0 Å². The molecule has 1 N–H and O–H groups in total. The molecule has 0 aromatic carbocycles. The summed E-state index contributed by atoms with van der Waals surface area (Å²) >= 11 is 0. The minimum atomic E-state index is -0.662. The summed E-state index contributed by atoms with van der Waals surface area (Å²) in [4.78, 5) is 10.4. The van der Waals surface area contributed by atoms with Gasteiger partial charge in [0.2, 0.25) is 0 Å². The Labute approximate surface area is 170 Å². The molecule has 0 spiro atoms. The average molecular weight is 381 g/mol. The van der Waals surface area contributed by atoms with Crippen LogP contribution in [0.2, 0.25) is 0 Å². The van der Waals surface area contributed by atoms with Crippen LogP contribution in [-0.4, -0.2) is 11.1 Å². The molecule has 0 saturated carbocycles. The van der Waals surface area contributed by atoms with E-state index in [0.29, 0.717) is 6.42 Å². The van der Waals surface area contributed by atoms with Crippen molar-refractivity contribution in [2.24, 2.45) is 5.92 Å². The number of carbonyl (C=O) groups is 1. The zero-order chi connectivity index (χ0) is 20.0. The highest BCUT2D eigenvalue weighted by atomic mass is 16.4. The van der Waals surface area contributed by atoms with Crippen LogP contribution in [-0.2, 0) is 4.79 Å². The lowest BCUT2D eigenvalue weighted by molar-refractivity contribution is -0.137. The van der Waals surface area contributed by atoms with Crippen molar-refractivity contribution in [2.75, 3.05) is 0 Å². The molecule has 0 aromatic rings. The molecule has 0 saturated heterocycles. The van der Waals surface area contributed by atoms with E-state index in [1.165, 1.54) is 103 Å². The fraction of sp³-hybridized carbons (Fsp3) is 0.880. The average Bonchev–Trinajstić information content (AvgIpc) is 2.62. The molecule has 0 unspecified atom stereocenters. The highest BCUT2D eigenvalue weighted by Gasteiger charge is 1.96. The number of aliphatic carboxylic acids is 1. The van der Waals surface area contributed by atoms with E-state index in [-0.39, 0.29) is 0 Å². The first kappa shape index (κ1) is 26.2. The van der Waals surface area contributed by atoms with E-state index in [9.17, 15) is 4.79 Å². The van der Waals surface area contributed by atoms with Gasteiger partial charge < -0.3 is 5.11 Å². The SMILES string of the molecule is CC(C)CCCCCCCCCCCCC=CCCCCCCCC(=O)O. The first-order chi connectivity index (χ1) is 13.1. The van der Waals surface area contributed by atoms with Crippen molar-refractivity contribution in [3.05, 3.63) is 12.2 Å². The Hall–Kier alpha value is -0.790. The van der Waals surface area contributed by atoms with Crippen molar-refractivity contribution in [1.29, 1.82) is 0 Å². The molecular weight excluding hydrogens is 332 g/mol. The van der Waals surface area contributed by atoms with Gasteiger partial charge in [0.1, 0.15) is 0 Å². The molecule has 0 amide bonds. The maximum Gasteiger partial charge on any atom is 0.303 e. The Morgan fingerprint density at radius 2 is 1.00 bits per heavy atom. The van der Waals surface area contributed by atoms with Crippen LogP contribution < -0.4 is 0 Å². The van der Waals surface area contributed by atoms with Crippen molar-refractivity contribution >= 4 is 5.97 Å². The normalized spacial score (nSPS) is 11.7. The Balaban J connectivity index is 3.09. The standard InChI is InChI=1S/C25H48O2/c1-24(2)22-20-18-16-14-12-10-8-6-4-3-5-7-9-11-13-15-17-19-21-23-25(26)27/h7,9,24H,3-6,8,10-23H2,1-2H3,(H,26,27). The van der Waals surface area contributed by atoms with E-state index < -0.39 is 5.97 Å². The van der Waals surface area contributed by atoms with E-state index >= 15 is 0 Å². The number of carboxylic acids is 1. The van der Waals surface area contributed by atoms with Gasteiger partial charge in [-0.1, -0.05) is 109 Å². The molecule has 2 heteroatoms. The van der Waals surface area contributed by atoms with Gasteiger partial charge in [-0.05, 0) is 38.0 Å². The maximum atomic E-state index is 10.4. The molecule has 160 valence electrons. The summed E-state index contributed by atoms with van der Waals surface area (Å²) in [7, 11) is 0. The maximum absolute atomic E-state index is 10.4. The van der Waals surface area contributed by atoms with Crippen molar-refractivity contribution in [3.8, 4) is 0 Å². The summed E-state index contributed by atoms with van der Waals surface area (Å²) in [6.45, 7) is 4.65. The van der Waals surface area contributed by atoms with Crippen LogP contribution in [0.3, 0.4) is 0 Å². The minimum absolute atomic E-state index is 0.332. The fourth-order valence-corrected chi connectivity index (χ4v) is 3.53.